The number of aromatic nitrogens is 2. The van der Waals surface area contributed by atoms with Gasteiger partial charge in [-0.15, -0.1) is 10.2 Å². The summed E-state index contributed by atoms with van der Waals surface area (Å²) in [6.45, 7) is 4.54. The molecule has 1 amide bonds. The molecule has 5 nitrogen and oxygen atoms in total. The molecule has 0 saturated heterocycles. The van der Waals surface area contributed by atoms with Crippen molar-refractivity contribution in [2.75, 3.05) is 0 Å². The minimum absolute atomic E-state index is 0.121. The average Bonchev–Trinajstić information content (AvgIpc) is 3.23. The number of hydrogen-bond acceptors (Lipinski definition) is 4. The van der Waals surface area contributed by atoms with Gasteiger partial charge in [-0.2, -0.15) is 0 Å². The van der Waals surface area contributed by atoms with Crippen LogP contribution in [0.1, 0.15) is 27.0 Å². The minimum Gasteiger partial charge on any atom is -0.416 e. The summed E-state index contributed by atoms with van der Waals surface area (Å²) in [5.74, 6) is 0.779. The van der Waals surface area contributed by atoms with E-state index in [9.17, 15) is 4.79 Å². The molecule has 144 valence electrons. The van der Waals surface area contributed by atoms with Gasteiger partial charge < -0.3 is 9.73 Å². The van der Waals surface area contributed by atoms with Gasteiger partial charge in [-0.05, 0) is 55.8 Å². The summed E-state index contributed by atoms with van der Waals surface area (Å²) in [5, 5.41) is 11.2. The van der Waals surface area contributed by atoms with Crippen LogP contribution < -0.4 is 5.32 Å². The highest BCUT2D eigenvalue weighted by Crippen LogP contribution is 2.24. The van der Waals surface area contributed by atoms with Gasteiger partial charge in [0.05, 0.1) is 0 Å². The molecule has 5 heteroatoms. The second-order valence-electron chi connectivity index (χ2n) is 7.03. The third-order valence-corrected chi connectivity index (χ3v) is 4.62. The topological polar surface area (TPSA) is 68.0 Å². The van der Waals surface area contributed by atoms with Gasteiger partial charge >= 0.3 is 0 Å². The van der Waals surface area contributed by atoms with Crippen LogP contribution in [0.3, 0.4) is 0 Å². The SMILES string of the molecule is Cc1cccc(CNC(=O)c2ccc(-c3nnc(-c4cccc(C)c4)o3)cc2)c1. The highest BCUT2D eigenvalue weighted by molar-refractivity contribution is 5.94. The van der Waals surface area contributed by atoms with Crippen molar-refractivity contribution in [2.24, 2.45) is 0 Å². The van der Waals surface area contributed by atoms with Crippen LogP contribution in [0.25, 0.3) is 22.9 Å². The number of nitrogens with one attached hydrogen (secondary N) is 1. The lowest BCUT2D eigenvalue weighted by Crippen LogP contribution is -2.22. The number of rotatable bonds is 5. The van der Waals surface area contributed by atoms with Crippen LogP contribution >= 0.6 is 0 Å². The normalized spacial score (nSPS) is 10.7. The fourth-order valence-corrected chi connectivity index (χ4v) is 3.11. The molecular formula is C24H21N3O2. The average molecular weight is 383 g/mol. The van der Waals surface area contributed by atoms with E-state index in [0.717, 1.165) is 22.3 Å². The van der Waals surface area contributed by atoms with Gasteiger partial charge in [0, 0.05) is 23.2 Å². The molecule has 4 rings (SSSR count). The van der Waals surface area contributed by atoms with Gasteiger partial charge in [0.25, 0.3) is 5.91 Å². The molecule has 0 saturated carbocycles. The fraction of sp³-hybridized carbons (Fsp3) is 0.125. The third-order valence-electron chi connectivity index (χ3n) is 4.62. The zero-order valence-corrected chi connectivity index (χ0v) is 16.3. The Balaban J connectivity index is 1.44. The molecule has 0 fully saturated rings. The van der Waals surface area contributed by atoms with Crippen molar-refractivity contribution in [1.82, 2.24) is 15.5 Å². The largest absolute Gasteiger partial charge is 0.416 e. The predicted octanol–water partition coefficient (Wildman–Crippen LogP) is 4.95. The molecule has 0 aliphatic rings. The molecule has 1 N–H and O–H groups in total. The van der Waals surface area contributed by atoms with Gasteiger partial charge in [0.1, 0.15) is 0 Å². The molecule has 0 spiro atoms. The van der Waals surface area contributed by atoms with Gasteiger partial charge in [-0.3, -0.25) is 4.79 Å². The second-order valence-corrected chi connectivity index (χ2v) is 7.03. The second kappa shape index (κ2) is 8.10. The molecule has 0 radical (unpaired) electrons. The molecule has 4 aromatic rings. The van der Waals surface area contributed by atoms with E-state index < -0.39 is 0 Å². The van der Waals surface area contributed by atoms with Crippen LogP contribution in [0.2, 0.25) is 0 Å². The van der Waals surface area contributed by atoms with Crippen molar-refractivity contribution in [2.45, 2.75) is 20.4 Å². The molecule has 1 aromatic heterocycles. The molecule has 3 aromatic carbocycles. The maximum absolute atomic E-state index is 12.4. The monoisotopic (exact) mass is 383 g/mol. The zero-order chi connectivity index (χ0) is 20.2. The number of amides is 1. The number of carbonyl (C=O) groups excluding carboxylic acids is 1. The van der Waals surface area contributed by atoms with Gasteiger partial charge in [-0.25, -0.2) is 0 Å². The fourth-order valence-electron chi connectivity index (χ4n) is 3.11. The molecule has 0 aliphatic heterocycles. The van der Waals surface area contributed by atoms with E-state index in [1.807, 2.05) is 68.4 Å². The van der Waals surface area contributed by atoms with Crippen LogP contribution in [0, 0.1) is 13.8 Å². The lowest BCUT2D eigenvalue weighted by atomic mass is 10.1. The first-order valence-electron chi connectivity index (χ1n) is 9.43. The van der Waals surface area contributed by atoms with Crippen LogP contribution in [-0.2, 0) is 6.54 Å². The summed E-state index contributed by atoms with van der Waals surface area (Å²) >= 11 is 0. The smallest absolute Gasteiger partial charge is 0.251 e. The Kier molecular flexibility index (Phi) is 5.20. The summed E-state index contributed by atoms with van der Waals surface area (Å²) < 4.78 is 5.80. The molecule has 29 heavy (non-hydrogen) atoms. The first-order valence-corrected chi connectivity index (χ1v) is 9.43. The summed E-state index contributed by atoms with van der Waals surface area (Å²) in [6, 6.07) is 23.1. The maximum Gasteiger partial charge on any atom is 0.251 e. The zero-order valence-electron chi connectivity index (χ0n) is 16.3. The third kappa shape index (κ3) is 4.41. The van der Waals surface area contributed by atoms with Crippen molar-refractivity contribution in [1.29, 1.82) is 0 Å². The Bertz CT molecular complexity index is 1150. The minimum atomic E-state index is -0.121. The van der Waals surface area contributed by atoms with Crippen LogP contribution in [0.15, 0.2) is 77.2 Å². The van der Waals surface area contributed by atoms with E-state index in [-0.39, 0.29) is 5.91 Å². The Morgan fingerprint density at radius 2 is 1.48 bits per heavy atom. The van der Waals surface area contributed by atoms with Crippen LogP contribution in [-0.4, -0.2) is 16.1 Å². The Labute approximate surface area is 169 Å². The number of hydrogen-bond donors (Lipinski definition) is 1. The highest BCUT2D eigenvalue weighted by Gasteiger charge is 2.12. The van der Waals surface area contributed by atoms with Crippen molar-refractivity contribution in [3.05, 3.63) is 95.1 Å². The van der Waals surface area contributed by atoms with E-state index in [4.69, 9.17) is 4.42 Å². The van der Waals surface area contributed by atoms with E-state index in [0.29, 0.717) is 23.9 Å². The van der Waals surface area contributed by atoms with Crippen LogP contribution in [0.5, 0.6) is 0 Å². The lowest BCUT2D eigenvalue weighted by Gasteiger charge is -2.06. The summed E-state index contributed by atoms with van der Waals surface area (Å²) in [4.78, 5) is 12.4. The first kappa shape index (κ1) is 18.6. The number of carbonyl (C=O) groups is 1. The molecular weight excluding hydrogens is 362 g/mol. The molecule has 0 aliphatic carbocycles. The summed E-state index contributed by atoms with van der Waals surface area (Å²) in [5.41, 5.74) is 5.61. The molecule has 0 bridgehead atoms. The standard InChI is InChI=1S/C24H21N3O2/c1-16-5-3-7-18(13-16)15-25-22(28)19-9-11-20(12-10-19)23-26-27-24(29-23)21-8-4-6-17(2)14-21/h3-14H,15H2,1-2H3,(H,25,28). The molecule has 0 unspecified atom stereocenters. The number of nitrogens with zero attached hydrogens (tertiary/aromatic N) is 2. The van der Waals surface area contributed by atoms with Crippen molar-refractivity contribution < 1.29 is 9.21 Å². The number of benzene rings is 3. The van der Waals surface area contributed by atoms with Crippen molar-refractivity contribution in [3.8, 4) is 22.9 Å². The predicted molar refractivity (Wildman–Crippen MR) is 112 cm³/mol. The Morgan fingerprint density at radius 3 is 2.17 bits per heavy atom. The molecule has 1 heterocycles. The quantitative estimate of drug-likeness (QED) is 0.529. The summed E-state index contributed by atoms with van der Waals surface area (Å²) in [7, 11) is 0. The number of aryl methyl sites for hydroxylation is 2. The van der Waals surface area contributed by atoms with E-state index in [2.05, 4.69) is 21.6 Å². The van der Waals surface area contributed by atoms with E-state index >= 15 is 0 Å². The van der Waals surface area contributed by atoms with Gasteiger partial charge in [-0.1, -0.05) is 47.5 Å². The Hall–Kier alpha value is -3.73. The van der Waals surface area contributed by atoms with Crippen molar-refractivity contribution in [3.63, 3.8) is 0 Å². The lowest BCUT2D eigenvalue weighted by molar-refractivity contribution is 0.0951. The first-order chi connectivity index (χ1) is 14.1. The van der Waals surface area contributed by atoms with E-state index in [1.165, 1.54) is 5.56 Å². The van der Waals surface area contributed by atoms with Crippen LogP contribution in [0.4, 0.5) is 0 Å². The Morgan fingerprint density at radius 1 is 0.828 bits per heavy atom. The van der Waals surface area contributed by atoms with Gasteiger partial charge in [0.15, 0.2) is 0 Å². The van der Waals surface area contributed by atoms with Gasteiger partial charge in [0.2, 0.25) is 11.8 Å². The molecule has 0 atom stereocenters. The van der Waals surface area contributed by atoms with E-state index in [1.54, 1.807) is 12.1 Å². The maximum atomic E-state index is 12.4. The highest BCUT2D eigenvalue weighted by atomic mass is 16.4. The summed E-state index contributed by atoms with van der Waals surface area (Å²) in [6.07, 6.45) is 0. The van der Waals surface area contributed by atoms with Crippen molar-refractivity contribution >= 4 is 5.91 Å².